The Kier molecular flexibility index (Phi) is 13.9. The number of carbonyl (C=O) groups is 3. The molecule has 0 spiro atoms. The highest BCUT2D eigenvalue weighted by atomic mass is 79.9. The Morgan fingerprint density at radius 3 is 1.76 bits per heavy atom. The van der Waals surface area contributed by atoms with Gasteiger partial charge >= 0.3 is 17.9 Å². The van der Waals surface area contributed by atoms with Crippen molar-refractivity contribution in [2.75, 3.05) is 14.2 Å². The van der Waals surface area contributed by atoms with E-state index < -0.39 is 5.97 Å². The van der Waals surface area contributed by atoms with Gasteiger partial charge in [-0.25, -0.2) is 14.4 Å². The van der Waals surface area contributed by atoms with E-state index in [1.165, 1.54) is 36.2 Å². The summed E-state index contributed by atoms with van der Waals surface area (Å²) in [5.41, 5.74) is 9.23. The van der Waals surface area contributed by atoms with Crippen LogP contribution in [0.5, 0.6) is 0 Å². The lowest BCUT2D eigenvalue weighted by Gasteiger charge is -2.10. The van der Waals surface area contributed by atoms with Gasteiger partial charge < -0.3 is 19.1 Å². The molecule has 51 heavy (non-hydrogen) atoms. The number of methoxy groups -OCH3 is 2. The standard InChI is InChI=1S/C25H23NO2.C9H9BrO2.C8H7BrO2/c1-18-8-10-21(23(14-18)25(27)28-2)15-20-9-11-24-22(16-20)12-13-26(24)17-19-6-4-3-5-7-19;1-6-3-4-8(10)7(5-6)9(11)12-2;1-5-2-3-7(9)6(4-5)8(10)11/h3-14,16H,15,17H2,1-2H3;3-5H,1-2H3;2-4H,1H3,(H,10,11). The minimum Gasteiger partial charge on any atom is -0.478 e. The van der Waals surface area contributed by atoms with E-state index in [1.54, 1.807) is 18.2 Å². The molecule has 1 N–H and O–H groups in total. The summed E-state index contributed by atoms with van der Waals surface area (Å²) in [6.45, 7) is 6.63. The second-order valence-corrected chi connectivity index (χ2v) is 13.6. The first-order chi connectivity index (χ1) is 24.4. The molecule has 5 aromatic carbocycles. The van der Waals surface area contributed by atoms with E-state index in [2.05, 4.69) is 95.9 Å². The van der Waals surface area contributed by atoms with Crippen molar-refractivity contribution in [3.05, 3.63) is 174 Å². The molecule has 1 heterocycles. The zero-order valence-electron chi connectivity index (χ0n) is 29.1. The number of benzene rings is 5. The molecule has 262 valence electrons. The number of hydrogen-bond donors (Lipinski definition) is 1. The molecule has 0 atom stereocenters. The molecule has 0 saturated carbocycles. The van der Waals surface area contributed by atoms with Crippen molar-refractivity contribution in [2.45, 2.75) is 33.7 Å². The van der Waals surface area contributed by atoms with Crippen molar-refractivity contribution in [3.63, 3.8) is 0 Å². The van der Waals surface area contributed by atoms with Crippen molar-refractivity contribution in [2.24, 2.45) is 0 Å². The monoisotopic (exact) mass is 811 g/mol. The maximum atomic E-state index is 12.1. The summed E-state index contributed by atoms with van der Waals surface area (Å²) in [7, 11) is 2.80. The number of nitrogens with zero attached hydrogens (tertiary/aromatic N) is 1. The summed E-state index contributed by atoms with van der Waals surface area (Å²) in [6.07, 6.45) is 2.83. The number of carboxylic acid groups (broad SMARTS) is 1. The number of carbonyl (C=O) groups excluding carboxylic acids is 2. The number of fused-ring (bicyclic) bond motifs is 1. The van der Waals surface area contributed by atoms with Crippen LogP contribution in [0.1, 0.15) is 64.5 Å². The van der Waals surface area contributed by atoms with Gasteiger partial charge in [0.05, 0.1) is 30.9 Å². The van der Waals surface area contributed by atoms with Gasteiger partial charge in [0.25, 0.3) is 0 Å². The minimum absolute atomic E-state index is 0.284. The van der Waals surface area contributed by atoms with Gasteiger partial charge in [-0.3, -0.25) is 0 Å². The van der Waals surface area contributed by atoms with Crippen LogP contribution in [-0.2, 0) is 22.4 Å². The second kappa shape index (κ2) is 18.3. The maximum absolute atomic E-state index is 12.1. The first-order valence-electron chi connectivity index (χ1n) is 16.0. The number of rotatable bonds is 7. The zero-order chi connectivity index (χ0) is 37.1. The number of halogens is 2. The summed E-state index contributed by atoms with van der Waals surface area (Å²) >= 11 is 6.42. The summed E-state index contributed by atoms with van der Waals surface area (Å²) in [4.78, 5) is 33.8. The Bertz CT molecular complexity index is 2160. The lowest BCUT2D eigenvalue weighted by atomic mass is 9.97. The Hall–Kier alpha value is -4.99. The van der Waals surface area contributed by atoms with E-state index in [4.69, 9.17) is 9.84 Å². The molecular weight excluding hydrogens is 774 g/mol. The van der Waals surface area contributed by atoms with Crippen LogP contribution in [-0.4, -0.2) is 41.8 Å². The van der Waals surface area contributed by atoms with Gasteiger partial charge in [-0.2, -0.15) is 0 Å². The van der Waals surface area contributed by atoms with Crippen LogP contribution < -0.4 is 0 Å². The van der Waals surface area contributed by atoms with Gasteiger partial charge in [0.1, 0.15) is 0 Å². The third kappa shape index (κ3) is 10.7. The van der Waals surface area contributed by atoms with Crippen LogP contribution in [0, 0.1) is 20.8 Å². The van der Waals surface area contributed by atoms with Crippen molar-refractivity contribution in [1.29, 1.82) is 0 Å². The largest absolute Gasteiger partial charge is 0.478 e. The molecule has 6 aromatic rings. The third-order valence-corrected chi connectivity index (χ3v) is 9.36. The second-order valence-electron chi connectivity index (χ2n) is 11.9. The summed E-state index contributed by atoms with van der Waals surface area (Å²) in [5.74, 6) is -1.50. The van der Waals surface area contributed by atoms with E-state index >= 15 is 0 Å². The first kappa shape index (κ1) is 38.8. The Morgan fingerprint density at radius 1 is 0.627 bits per heavy atom. The molecule has 0 aliphatic rings. The molecule has 0 fully saturated rings. The van der Waals surface area contributed by atoms with Gasteiger partial charge in [0.2, 0.25) is 0 Å². The molecule has 7 nitrogen and oxygen atoms in total. The summed E-state index contributed by atoms with van der Waals surface area (Å²) in [5, 5.41) is 9.87. The molecular formula is C42H39Br2NO6. The van der Waals surface area contributed by atoms with Gasteiger partial charge in [0.15, 0.2) is 0 Å². The molecule has 0 aliphatic heterocycles. The summed E-state index contributed by atoms with van der Waals surface area (Å²) in [6, 6.07) is 35.9. The summed E-state index contributed by atoms with van der Waals surface area (Å²) < 4.78 is 13.2. The highest BCUT2D eigenvalue weighted by molar-refractivity contribution is 9.10. The molecule has 0 unspecified atom stereocenters. The topological polar surface area (TPSA) is 94.8 Å². The van der Waals surface area contributed by atoms with Crippen LogP contribution in [0.2, 0.25) is 0 Å². The van der Waals surface area contributed by atoms with Crippen LogP contribution in [0.15, 0.2) is 124 Å². The predicted octanol–water partition coefficient (Wildman–Crippen LogP) is 10.4. The molecule has 0 aliphatic carbocycles. The molecule has 0 saturated heterocycles. The fourth-order valence-electron chi connectivity index (χ4n) is 5.35. The number of aromatic nitrogens is 1. The SMILES string of the molecule is COC(=O)c1cc(C)ccc1Br.COC(=O)c1cc(C)ccc1Cc1ccc2c(ccn2Cc2ccccc2)c1.Cc1ccc(Br)c(C(=O)O)c1. The predicted molar refractivity (Wildman–Crippen MR) is 209 cm³/mol. The van der Waals surface area contributed by atoms with Crippen molar-refractivity contribution in [3.8, 4) is 0 Å². The average Bonchev–Trinajstić information content (AvgIpc) is 3.52. The molecule has 0 bridgehead atoms. The number of esters is 2. The number of aryl methyl sites for hydroxylation is 3. The number of carboxylic acids is 1. The normalized spacial score (nSPS) is 10.3. The molecule has 0 radical (unpaired) electrons. The average molecular weight is 814 g/mol. The lowest BCUT2D eigenvalue weighted by Crippen LogP contribution is -2.06. The number of aromatic carboxylic acids is 1. The Labute approximate surface area is 315 Å². The van der Waals surface area contributed by atoms with Gasteiger partial charge in [0, 0.05) is 27.2 Å². The Morgan fingerprint density at radius 2 is 1.18 bits per heavy atom. The van der Waals surface area contributed by atoms with Crippen molar-refractivity contribution < 1.29 is 29.0 Å². The molecule has 9 heteroatoms. The molecule has 0 amide bonds. The number of hydrogen-bond acceptors (Lipinski definition) is 5. The van der Waals surface area contributed by atoms with E-state index in [-0.39, 0.29) is 11.9 Å². The van der Waals surface area contributed by atoms with Crippen LogP contribution >= 0.6 is 31.9 Å². The Balaban J connectivity index is 0.000000208. The highest BCUT2D eigenvalue weighted by Gasteiger charge is 2.13. The van der Waals surface area contributed by atoms with Crippen molar-refractivity contribution in [1.82, 2.24) is 4.57 Å². The minimum atomic E-state index is -0.902. The maximum Gasteiger partial charge on any atom is 0.339 e. The van der Waals surface area contributed by atoms with Crippen LogP contribution in [0.3, 0.4) is 0 Å². The fourth-order valence-corrected chi connectivity index (χ4v) is 6.18. The first-order valence-corrected chi connectivity index (χ1v) is 17.6. The molecule has 1 aromatic heterocycles. The van der Waals surface area contributed by atoms with E-state index in [0.717, 1.165) is 33.3 Å². The van der Waals surface area contributed by atoms with Crippen molar-refractivity contribution >= 4 is 60.7 Å². The lowest BCUT2D eigenvalue weighted by molar-refractivity contribution is 0.0590. The number of ether oxygens (including phenoxy) is 2. The highest BCUT2D eigenvalue weighted by Crippen LogP contribution is 2.23. The van der Waals surface area contributed by atoms with Crippen LogP contribution in [0.4, 0.5) is 0 Å². The van der Waals surface area contributed by atoms with Crippen LogP contribution in [0.25, 0.3) is 10.9 Å². The molecule has 6 rings (SSSR count). The van der Waals surface area contributed by atoms with Gasteiger partial charge in [-0.15, -0.1) is 0 Å². The van der Waals surface area contributed by atoms with Gasteiger partial charge in [-0.05, 0) is 130 Å². The fraction of sp³-hybridized carbons (Fsp3) is 0.167. The quantitative estimate of drug-likeness (QED) is 0.161. The van der Waals surface area contributed by atoms with E-state index in [0.29, 0.717) is 27.6 Å². The van der Waals surface area contributed by atoms with Gasteiger partial charge in [-0.1, -0.05) is 77.4 Å². The third-order valence-electron chi connectivity index (χ3n) is 7.98. The van der Waals surface area contributed by atoms with E-state index in [9.17, 15) is 14.4 Å². The van der Waals surface area contributed by atoms with E-state index in [1.807, 2.05) is 63.2 Å². The zero-order valence-corrected chi connectivity index (χ0v) is 32.2. The smallest absolute Gasteiger partial charge is 0.339 e.